The monoisotopic (exact) mass is 368 g/mol. The first-order chi connectivity index (χ1) is 12.9. The molecule has 1 aliphatic rings. The number of nitrogens with one attached hydrogen (secondary N) is 1. The summed E-state index contributed by atoms with van der Waals surface area (Å²) in [6.45, 7) is 4.75. The Hall–Kier alpha value is -2.69. The standard InChI is InChI=1S/C22H25FN2O2/c1-15(2)17-8-6-16(7-9-17)14-25(20-10-11-20)21(26)13-24-22(27)18-4-3-5-19(23)12-18/h3-9,12,15,20H,10-11,13-14H2,1-2H3,(H,24,27). The summed E-state index contributed by atoms with van der Waals surface area (Å²) in [5.41, 5.74) is 2.56. The molecular weight excluding hydrogens is 343 g/mol. The van der Waals surface area contributed by atoms with Crippen LogP contribution in [0.2, 0.25) is 0 Å². The average Bonchev–Trinajstić information content (AvgIpc) is 3.49. The Bertz CT molecular complexity index is 813. The number of hydrogen-bond donors (Lipinski definition) is 1. The Morgan fingerprint density at radius 1 is 1.15 bits per heavy atom. The molecule has 0 unspecified atom stereocenters. The van der Waals surface area contributed by atoms with Crippen LogP contribution in [0.15, 0.2) is 48.5 Å². The molecule has 0 saturated heterocycles. The molecule has 4 nitrogen and oxygen atoms in total. The quantitative estimate of drug-likeness (QED) is 0.807. The molecule has 0 bridgehead atoms. The molecule has 0 atom stereocenters. The van der Waals surface area contributed by atoms with E-state index >= 15 is 0 Å². The van der Waals surface area contributed by atoms with Gasteiger partial charge in [0.25, 0.3) is 5.91 Å². The Balaban J connectivity index is 1.59. The van der Waals surface area contributed by atoms with Crippen LogP contribution in [0.4, 0.5) is 4.39 Å². The summed E-state index contributed by atoms with van der Waals surface area (Å²) in [6, 6.07) is 14.0. The fraction of sp³-hybridized carbons (Fsp3) is 0.364. The lowest BCUT2D eigenvalue weighted by molar-refractivity contribution is -0.131. The van der Waals surface area contributed by atoms with E-state index in [-0.39, 0.29) is 24.1 Å². The highest BCUT2D eigenvalue weighted by Gasteiger charge is 2.32. The van der Waals surface area contributed by atoms with E-state index in [1.807, 2.05) is 4.90 Å². The Labute approximate surface area is 159 Å². The molecule has 27 heavy (non-hydrogen) atoms. The number of carbonyl (C=O) groups is 2. The Morgan fingerprint density at radius 2 is 1.85 bits per heavy atom. The van der Waals surface area contributed by atoms with Gasteiger partial charge in [-0.2, -0.15) is 0 Å². The van der Waals surface area contributed by atoms with Gasteiger partial charge >= 0.3 is 0 Å². The number of benzene rings is 2. The number of nitrogens with zero attached hydrogens (tertiary/aromatic N) is 1. The van der Waals surface area contributed by atoms with Crippen LogP contribution in [-0.2, 0) is 11.3 Å². The third-order valence-electron chi connectivity index (χ3n) is 4.79. The van der Waals surface area contributed by atoms with Gasteiger partial charge in [0, 0.05) is 18.2 Å². The molecule has 0 radical (unpaired) electrons. The van der Waals surface area contributed by atoms with Gasteiger partial charge in [0.05, 0.1) is 6.54 Å². The summed E-state index contributed by atoms with van der Waals surface area (Å²) in [6.07, 6.45) is 1.99. The van der Waals surface area contributed by atoms with Crippen LogP contribution >= 0.6 is 0 Å². The minimum absolute atomic E-state index is 0.0874. The highest BCUT2D eigenvalue weighted by atomic mass is 19.1. The normalized spacial score (nSPS) is 13.5. The van der Waals surface area contributed by atoms with Gasteiger partial charge in [-0.15, -0.1) is 0 Å². The fourth-order valence-corrected chi connectivity index (χ4v) is 3.00. The maximum absolute atomic E-state index is 13.2. The molecule has 3 rings (SSSR count). The van der Waals surface area contributed by atoms with Crippen LogP contribution in [-0.4, -0.2) is 29.3 Å². The number of carbonyl (C=O) groups excluding carboxylic acids is 2. The van der Waals surface area contributed by atoms with Crippen LogP contribution in [0.1, 0.15) is 54.1 Å². The third kappa shape index (κ3) is 5.16. The number of amides is 2. The maximum atomic E-state index is 13.2. The molecule has 0 aromatic heterocycles. The van der Waals surface area contributed by atoms with Crippen LogP contribution < -0.4 is 5.32 Å². The molecule has 2 aromatic rings. The third-order valence-corrected chi connectivity index (χ3v) is 4.79. The predicted octanol–water partition coefficient (Wildman–Crippen LogP) is 3.87. The van der Waals surface area contributed by atoms with Crippen molar-refractivity contribution in [1.82, 2.24) is 10.2 Å². The number of rotatable bonds is 7. The summed E-state index contributed by atoms with van der Waals surface area (Å²) in [5, 5.41) is 2.60. The zero-order valence-electron chi connectivity index (χ0n) is 15.7. The van der Waals surface area contributed by atoms with Crippen molar-refractivity contribution in [2.75, 3.05) is 6.54 Å². The van der Waals surface area contributed by atoms with Crippen molar-refractivity contribution in [2.24, 2.45) is 0 Å². The summed E-state index contributed by atoms with van der Waals surface area (Å²) in [4.78, 5) is 26.6. The van der Waals surface area contributed by atoms with Gasteiger partial charge in [0.2, 0.25) is 5.91 Å². The van der Waals surface area contributed by atoms with Gasteiger partial charge < -0.3 is 10.2 Å². The van der Waals surface area contributed by atoms with Crippen molar-refractivity contribution in [3.05, 3.63) is 71.0 Å². The molecule has 1 fully saturated rings. The average molecular weight is 368 g/mol. The highest BCUT2D eigenvalue weighted by molar-refractivity contribution is 5.96. The zero-order chi connectivity index (χ0) is 19.4. The minimum Gasteiger partial charge on any atom is -0.343 e. The van der Waals surface area contributed by atoms with Crippen molar-refractivity contribution in [2.45, 2.75) is 45.2 Å². The largest absolute Gasteiger partial charge is 0.343 e. The molecule has 1 saturated carbocycles. The Morgan fingerprint density at radius 3 is 2.44 bits per heavy atom. The van der Waals surface area contributed by atoms with Crippen molar-refractivity contribution < 1.29 is 14.0 Å². The molecular formula is C22H25FN2O2. The van der Waals surface area contributed by atoms with Gasteiger partial charge in [-0.25, -0.2) is 4.39 Å². The van der Waals surface area contributed by atoms with Crippen LogP contribution in [0.5, 0.6) is 0 Å². The van der Waals surface area contributed by atoms with Crippen molar-refractivity contribution in [3.63, 3.8) is 0 Å². The lowest BCUT2D eigenvalue weighted by atomic mass is 10.0. The van der Waals surface area contributed by atoms with Crippen LogP contribution in [0.25, 0.3) is 0 Å². The van der Waals surface area contributed by atoms with E-state index in [1.165, 1.54) is 23.8 Å². The van der Waals surface area contributed by atoms with E-state index in [2.05, 4.69) is 43.4 Å². The van der Waals surface area contributed by atoms with E-state index in [9.17, 15) is 14.0 Å². The van der Waals surface area contributed by atoms with Crippen LogP contribution in [0.3, 0.4) is 0 Å². The van der Waals surface area contributed by atoms with Gasteiger partial charge in [-0.1, -0.05) is 44.2 Å². The SMILES string of the molecule is CC(C)c1ccc(CN(C(=O)CNC(=O)c2cccc(F)c2)C2CC2)cc1. The lowest BCUT2D eigenvalue weighted by Gasteiger charge is -2.23. The van der Waals surface area contributed by atoms with Crippen molar-refractivity contribution in [3.8, 4) is 0 Å². The van der Waals surface area contributed by atoms with E-state index in [1.54, 1.807) is 0 Å². The van der Waals surface area contributed by atoms with E-state index in [0.29, 0.717) is 12.5 Å². The topological polar surface area (TPSA) is 49.4 Å². The summed E-state index contributed by atoms with van der Waals surface area (Å²) < 4.78 is 13.2. The van der Waals surface area contributed by atoms with Crippen molar-refractivity contribution in [1.29, 1.82) is 0 Å². The summed E-state index contributed by atoms with van der Waals surface area (Å²) in [5.74, 6) is -0.563. The molecule has 142 valence electrons. The van der Waals surface area contributed by atoms with E-state index in [4.69, 9.17) is 0 Å². The second-order valence-corrected chi connectivity index (χ2v) is 7.34. The lowest BCUT2D eigenvalue weighted by Crippen LogP contribution is -2.41. The van der Waals surface area contributed by atoms with E-state index < -0.39 is 11.7 Å². The number of halogens is 1. The number of hydrogen-bond acceptors (Lipinski definition) is 2. The Kier molecular flexibility index (Phi) is 5.89. The van der Waals surface area contributed by atoms with Crippen molar-refractivity contribution >= 4 is 11.8 Å². The van der Waals surface area contributed by atoms with Gasteiger partial charge in [0.1, 0.15) is 5.82 Å². The maximum Gasteiger partial charge on any atom is 0.251 e. The fourth-order valence-electron chi connectivity index (χ4n) is 3.00. The van der Waals surface area contributed by atoms with Gasteiger partial charge in [-0.05, 0) is 48.1 Å². The van der Waals surface area contributed by atoms with Gasteiger partial charge in [-0.3, -0.25) is 9.59 Å². The van der Waals surface area contributed by atoms with Crippen LogP contribution in [0, 0.1) is 5.82 Å². The molecule has 0 aliphatic heterocycles. The first-order valence-electron chi connectivity index (χ1n) is 9.36. The first kappa shape index (κ1) is 19.1. The second kappa shape index (κ2) is 8.33. The van der Waals surface area contributed by atoms with Gasteiger partial charge in [0.15, 0.2) is 0 Å². The molecule has 0 spiro atoms. The second-order valence-electron chi connectivity index (χ2n) is 7.34. The first-order valence-corrected chi connectivity index (χ1v) is 9.36. The smallest absolute Gasteiger partial charge is 0.251 e. The predicted molar refractivity (Wildman–Crippen MR) is 103 cm³/mol. The summed E-state index contributed by atoms with van der Waals surface area (Å²) >= 11 is 0. The van der Waals surface area contributed by atoms with E-state index in [0.717, 1.165) is 24.5 Å². The zero-order valence-corrected chi connectivity index (χ0v) is 15.7. The highest BCUT2D eigenvalue weighted by Crippen LogP contribution is 2.28. The summed E-state index contributed by atoms with van der Waals surface area (Å²) in [7, 11) is 0. The molecule has 1 aliphatic carbocycles. The minimum atomic E-state index is -0.474. The molecule has 1 N–H and O–H groups in total. The molecule has 0 heterocycles. The molecule has 2 aromatic carbocycles. The molecule has 5 heteroatoms. The molecule has 2 amide bonds.